The zero-order valence-electron chi connectivity index (χ0n) is 11.2. The molecule has 0 aliphatic heterocycles. The molecule has 0 fully saturated rings. The molecule has 2 rings (SSSR count). The molecule has 0 unspecified atom stereocenters. The summed E-state index contributed by atoms with van der Waals surface area (Å²) in [6.07, 6.45) is 0. The van der Waals surface area contributed by atoms with E-state index in [-0.39, 0.29) is 5.00 Å². The first-order chi connectivity index (χ1) is 10.0. The van der Waals surface area contributed by atoms with Crippen LogP contribution in [0.2, 0.25) is 0 Å². The molecule has 0 radical (unpaired) electrons. The second-order valence-electron chi connectivity index (χ2n) is 4.13. The summed E-state index contributed by atoms with van der Waals surface area (Å²) in [7, 11) is 1.51. The number of nitrogens with two attached hydrogens (primary N) is 1. The third-order valence-electron chi connectivity index (χ3n) is 2.76. The van der Waals surface area contributed by atoms with Crippen LogP contribution in [0.5, 0.6) is 5.75 Å². The van der Waals surface area contributed by atoms with E-state index in [4.69, 9.17) is 10.5 Å². The third kappa shape index (κ3) is 3.48. The molecular weight excluding hydrogens is 294 g/mol. The van der Waals surface area contributed by atoms with Crippen LogP contribution in [0.4, 0.5) is 10.7 Å². The van der Waals surface area contributed by atoms with Crippen molar-refractivity contribution in [2.45, 2.75) is 6.54 Å². The van der Waals surface area contributed by atoms with Gasteiger partial charge in [-0.2, -0.15) is 0 Å². The van der Waals surface area contributed by atoms with Crippen LogP contribution in [0.25, 0.3) is 0 Å². The highest BCUT2D eigenvalue weighted by Crippen LogP contribution is 2.28. The summed E-state index contributed by atoms with van der Waals surface area (Å²) >= 11 is 1.09. The number of nitrogens with one attached hydrogen (secondary N) is 1. The van der Waals surface area contributed by atoms with Crippen LogP contribution in [-0.4, -0.2) is 17.9 Å². The zero-order valence-corrected chi connectivity index (χ0v) is 12.0. The molecule has 1 amide bonds. The molecule has 0 atom stereocenters. The number of amides is 1. The summed E-state index contributed by atoms with van der Waals surface area (Å²) in [6.45, 7) is 0.386. The molecule has 1 aromatic carbocycles. The summed E-state index contributed by atoms with van der Waals surface area (Å²) in [6, 6.07) is 7.93. The van der Waals surface area contributed by atoms with Gasteiger partial charge in [0.2, 0.25) is 5.91 Å². The Morgan fingerprint density at radius 2 is 2.19 bits per heavy atom. The number of primary amides is 1. The summed E-state index contributed by atoms with van der Waals surface area (Å²) in [5.41, 5.74) is 6.20. The Bertz CT molecular complexity index is 684. The molecule has 1 aromatic heterocycles. The number of ether oxygens (including phenoxy) is 1. The van der Waals surface area contributed by atoms with Crippen molar-refractivity contribution >= 4 is 27.9 Å². The Morgan fingerprint density at radius 3 is 2.76 bits per heavy atom. The number of nitrogens with zero attached hydrogens (tertiary/aromatic N) is 1. The van der Waals surface area contributed by atoms with E-state index in [1.807, 2.05) is 0 Å². The van der Waals surface area contributed by atoms with E-state index >= 15 is 0 Å². The van der Waals surface area contributed by atoms with Crippen molar-refractivity contribution < 1.29 is 14.5 Å². The van der Waals surface area contributed by atoms with Gasteiger partial charge in [-0.25, -0.2) is 0 Å². The van der Waals surface area contributed by atoms with Gasteiger partial charge in [-0.05, 0) is 24.3 Å². The van der Waals surface area contributed by atoms with Crippen molar-refractivity contribution in [1.29, 1.82) is 0 Å². The number of hydrogen-bond acceptors (Lipinski definition) is 6. The number of carbonyl (C=O) groups is 1. The fourth-order valence-electron chi connectivity index (χ4n) is 1.74. The van der Waals surface area contributed by atoms with Crippen LogP contribution in [0.1, 0.15) is 15.2 Å². The average molecular weight is 307 g/mol. The maximum absolute atomic E-state index is 11.2. The largest absolute Gasteiger partial charge is 0.495 e. The van der Waals surface area contributed by atoms with E-state index in [0.717, 1.165) is 16.2 Å². The van der Waals surface area contributed by atoms with Crippen LogP contribution < -0.4 is 15.8 Å². The Morgan fingerprint density at radius 1 is 1.43 bits per heavy atom. The molecule has 0 bridgehead atoms. The zero-order chi connectivity index (χ0) is 15.4. The second kappa shape index (κ2) is 6.23. The van der Waals surface area contributed by atoms with Gasteiger partial charge in [0.25, 0.3) is 0 Å². The molecule has 0 spiro atoms. The van der Waals surface area contributed by atoms with Gasteiger partial charge in [-0.15, -0.1) is 0 Å². The van der Waals surface area contributed by atoms with E-state index < -0.39 is 10.8 Å². The molecule has 0 saturated heterocycles. The third-order valence-corrected chi connectivity index (χ3v) is 3.80. The molecule has 8 heteroatoms. The quantitative estimate of drug-likeness (QED) is 0.629. The normalized spacial score (nSPS) is 10.1. The lowest BCUT2D eigenvalue weighted by atomic mass is 10.1. The molecule has 1 heterocycles. The lowest BCUT2D eigenvalue weighted by Crippen LogP contribution is -2.11. The monoisotopic (exact) mass is 307 g/mol. The highest BCUT2D eigenvalue weighted by molar-refractivity contribution is 7.15. The number of rotatable bonds is 6. The first-order valence-electron chi connectivity index (χ1n) is 5.96. The van der Waals surface area contributed by atoms with Gasteiger partial charge < -0.3 is 15.8 Å². The molecule has 0 saturated carbocycles. The SMILES string of the molecule is COc1ccc(C(N)=O)cc1NCc1ccc([N+](=O)[O-])s1. The van der Waals surface area contributed by atoms with Crippen LogP contribution in [-0.2, 0) is 6.54 Å². The van der Waals surface area contributed by atoms with Gasteiger partial charge in [0.05, 0.1) is 17.7 Å². The first-order valence-corrected chi connectivity index (χ1v) is 6.77. The Kier molecular flexibility index (Phi) is 4.39. The molecule has 110 valence electrons. The Balaban J connectivity index is 2.15. The highest BCUT2D eigenvalue weighted by Gasteiger charge is 2.11. The van der Waals surface area contributed by atoms with Crippen molar-refractivity contribution in [3.8, 4) is 5.75 Å². The topological polar surface area (TPSA) is 107 Å². The summed E-state index contributed by atoms with van der Waals surface area (Å²) in [5.74, 6) is 0.0264. The minimum Gasteiger partial charge on any atom is -0.495 e. The van der Waals surface area contributed by atoms with Gasteiger partial charge in [-0.3, -0.25) is 14.9 Å². The van der Waals surface area contributed by atoms with Crippen LogP contribution in [0.3, 0.4) is 0 Å². The van der Waals surface area contributed by atoms with Gasteiger partial charge >= 0.3 is 5.00 Å². The minimum absolute atomic E-state index is 0.0876. The smallest absolute Gasteiger partial charge is 0.324 e. The molecule has 7 nitrogen and oxygen atoms in total. The van der Waals surface area contributed by atoms with Gasteiger partial charge in [0.15, 0.2) is 0 Å². The van der Waals surface area contributed by atoms with E-state index in [2.05, 4.69) is 5.32 Å². The second-order valence-corrected chi connectivity index (χ2v) is 5.28. The number of thiophene rings is 1. The number of carbonyl (C=O) groups excluding carboxylic acids is 1. The predicted octanol–water partition coefficient (Wildman–Crippen LogP) is 2.38. The predicted molar refractivity (Wildman–Crippen MR) is 79.8 cm³/mol. The number of methoxy groups -OCH3 is 1. The van der Waals surface area contributed by atoms with Crippen LogP contribution in [0.15, 0.2) is 30.3 Å². The summed E-state index contributed by atoms with van der Waals surface area (Å²) < 4.78 is 5.19. The summed E-state index contributed by atoms with van der Waals surface area (Å²) in [4.78, 5) is 22.2. The standard InChI is InChI=1S/C13H13N3O4S/c1-20-11-4-2-8(13(14)17)6-10(11)15-7-9-3-5-12(21-9)16(18)19/h2-6,15H,7H2,1H3,(H2,14,17). The van der Waals surface area contributed by atoms with E-state index in [1.165, 1.54) is 13.2 Å². The molecular formula is C13H13N3O4S. The first kappa shape index (κ1) is 14.8. The summed E-state index contributed by atoms with van der Waals surface area (Å²) in [5, 5.41) is 13.8. The molecule has 2 aromatic rings. The van der Waals surface area contributed by atoms with Crippen molar-refractivity contribution in [2.75, 3.05) is 12.4 Å². The number of hydrogen-bond donors (Lipinski definition) is 2. The van der Waals surface area contributed by atoms with Gasteiger partial charge in [-0.1, -0.05) is 11.3 Å². The van der Waals surface area contributed by atoms with Gasteiger partial charge in [0.1, 0.15) is 5.75 Å². The van der Waals surface area contributed by atoms with E-state index in [1.54, 1.807) is 24.3 Å². The van der Waals surface area contributed by atoms with Crippen molar-refractivity contribution in [2.24, 2.45) is 5.73 Å². The van der Waals surface area contributed by atoms with Crippen molar-refractivity contribution in [1.82, 2.24) is 0 Å². The van der Waals surface area contributed by atoms with Gasteiger partial charge in [0, 0.05) is 23.1 Å². The average Bonchev–Trinajstić information content (AvgIpc) is 2.93. The number of anilines is 1. The fraction of sp³-hybridized carbons (Fsp3) is 0.154. The lowest BCUT2D eigenvalue weighted by Gasteiger charge is -2.11. The number of nitro groups is 1. The van der Waals surface area contributed by atoms with Crippen LogP contribution in [0, 0.1) is 10.1 Å². The Hall–Kier alpha value is -2.61. The maximum Gasteiger partial charge on any atom is 0.324 e. The molecule has 0 aliphatic rings. The van der Waals surface area contributed by atoms with Crippen molar-refractivity contribution in [3.63, 3.8) is 0 Å². The van der Waals surface area contributed by atoms with E-state index in [0.29, 0.717) is 23.5 Å². The minimum atomic E-state index is -0.535. The Labute approximate surface area is 124 Å². The van der Waals surface area contributed by atoms with Crippen molar-refractivity contribution in [3.05, 3.63) is 50.9 Å². The lowest BCUT2D eigenvalue weighted by molar-refractivity contribution is -0.380. The molecule has 0 aliphatic carbocycles. The molecule has 21 heavy (non-hydrogen) atoms. The highest BCUT2D eigenvalue weighted by atomic mass is 32.1. The molecule has 3 N–H and O–H groups in total. The van der Waals surface area contributed by atoms with E-state index in [9.17, 15) is 14.9 Å². The maximum atomic E-state index is 11.2. The van der Waals surface area contributed by atoms with Crippen LogP contribution >= 0.6 is 11.3 Å². The fourth-order valence-corrected chi connectivity index (χ4v) is 2.50. The number of benzene rings is 1.